The van der Waals surface area contributed by atoms with Crippen molar-refractivity contribution in [3.8, 4) is 0 Å². The second-order valence-corrected chi connectivity index (χ2v) is 4.98. The fourth-order valence-electron chi connectivity index (χ4n) is 2.28. The summed E-state index contributed by atoms with van der Waals surface area (Å²) in [5.74, 6) is -0.334. The zero-order chi connectivity index (χ0) is 13.2. The normalized spacial score (nSPS) is 23.3. The average molecular weight is 251 g/mol. The van der Waals surface area contributed by atoms with E-state index in [-0.39, 0.29) is 11.1 Å². The summed E-state index contributed by atoms with van der Waals surface area (Å²) >= 11 is 0. The maximum atomic E-state index is 10.7. The molecule has 1 aromatic rings. The van der Waals surface area contributed by atoms with E-state index in [2.05, 4.69) is 21.8 Å². The van der Waals surface area contributed by atoms with Gasteiger partial charge in [0.1, 0.15) is 5.82 Å². The van der Waals surface area contributed by atoms with E-state index < -0.39 is 5.97 Å². The molecule has 98 valence electrons. The molecule has 1 saturated heterocycles. The van der Waals surface area contributed by atoms with Crippen LogP contribution >= 0.6 is 0 Å². The van der Waals surface area contributed by atoms with Crippen molar-refractivity contribution in [2.75, 3.05) is 31.7 Å². The van der Waals surface area contributed by atoms with Crippen LogP contribution in [0.5, 0.6) is 0 Å². The van der Waals surface area contributed by atoms with Crippen LogP contribution in [-0.4, -0.2) is 47.8 Å². The minimum Gasteiger partial charge on any atom is -0.476 e. The Labute approximate surface area is 106 Å². The number of hydrogen-bond acceptors (Lipinski definition) is 5. The van der Waals surface area contributed by atoms with Crippen LogP contribution in [0.1, 0.15) is 23.8 Å². The Kier molecular flexibility index (Phi) is 3.47. The molecule has 2 rings (SSSR count). The van der Waals surface area contributed by atoms with Gasteiger partial charge in [-0.2, -0.15) is 0 Å². The molecule has 1 atom stereocenters. The second-order valence-electron chi connectivity index (χ2n) is 4.98. The highest BCUT2D eigenvalue weighted by atomic mass is 16.5. The van der Waals surface area contributed by atoms with Crippen LogP contribution in [0, 0.1) is 5.41 Å². The number of ether oxygens (including phenoxy) is 1. The molecule has 6 heteroatoms. The van der Waals surface area contributed by atoms with Crippen LogP contribution in [0.4, 0.5) is 5.82 Å². The molecule has 0 amide bonds. The van der Waals surface area contributed by atoms with Crippen molar-refractivity contribution >= 4 is 11.8 Å². The first kappa shape index (κ1) is 12.8. The number of carboxylic acid groups (broad SMARTS) is 1. The second kappa shape index (κ2) is 4.89. The lowest BCUT2D eigenvalue weighted by Crippen LogP contribution is -2.28. The summed E-state index contributed by atoms with van der Waals surface area (Å²) in [6, 6.07) is 0. The van der Waals surface area contributed by atoms with E-state index in [9.17, 15) is 4.79 Å². The third kappa shape index (κ3) is 2.59. The SMILES string of the molecule is COCC1(C)CCN(c2cnc(C(=O)O)cn2)C1. The third-order valence-corrected chi connectivity index (χ3v) is 3.23. The predicted octanol–water partition coefficient (Wildman–Crippen LogP) is 1.04. The van der Waals surface area contributed by atoms with Gasteiger partial charge in [-0.3, -0.25) is 0 Å². The molecule has 0 bridgehead atoms. The zero-order valence-corrected chi connectivity index (χ0v) is 10.6. The van der Waals surface area contributed by atoms with Gasteiger partial charge in [0.2, 0.25) is 0 Å². The maximum absolute atomic E-state index is 10.7. The van der Waals surface area contributed by atoms with Gasteiger partial charge < -0.3 is 14.7 Å². The number of methoxy groups -OCH3 is 1. The van der Waals surface area contributed by atoms with Crippen LogP contribution in [0.15, 0.2) is 12.4 Å². The number of hydrogen-bond donors (Lipinski definition) is 1. The van der Waals surface area contributed by atoms with Crippen molar-refractivity contribution in [2.24, 2.45) is 5.41 Å². The molecule has 18 heavy (non-hydrogen) atoms. The summed E-state index contributed by atoms with van der Waals surface area (Å²) in [4.78, 5) is 20.8. The smallest absolute Gasteiger partial charge is 0.356 e. The molecular formula is C12H17N3O3. The topological polar surface area (TPSA) is 75.5 Å². The third-order valence-electron chi connectivity index (χ3n) is 3.23. The molecule has 0 radical (unpaired) electrons. The highest BCUT2D eigenvalue weighted by molar-refractivity contribution is 5.84. The van der Waals surface area contributed by atoms with Gasteiger partial charge in [-0.25, -0.2) is 14.8 Å². The summed E-state index contributed by atoms with van der Waals surface area (Å²) in [6.07, 6.45) is 3.84. The first-order valence-electron chi connectivity index (χ1n) is 5.83. The minimum atomic E-state index is -1.06. The van der Waals surface area contributed by atoms with Gasteiger partial charge in [0.05, 0.1) is 19.0 Å². The van der Waals surface area contributed by atoms with Gasteiger partial charge in [0.15, 0.2) is 5.69 Å². The molecular weight excluding hydrogens is 234 g/mol. The van der Waals surface area contributed by atoms with E-state index in [0.29, 0.717) is 6.61 Å². The van der Waals surface area contributed by atoms with Crippen LogP contribution in [0.3, 0.4) is 0 Å². The van der Waals surface area contributed by atoms with Crippen molar-refractivity contribution in [2.45, 2.75) is 13.3 Å². The Morgan fingerprint density at radius 3 is 2.89 bits per heavy atom. The van der Waals surface area contributed by atoms with Crippen LogP contribution < -0.4 is 4.90 Å². The van der Waals surface area contributed by atoms with E-state index in [1.165, 1.54) is 12.4 Å². The molecule has 0 aliphatic carbocycles. The monoisotopic (exact) mass is 251 g/mol. The van der Waals surface area contributed by atoms with Crippen molar-refractivity contribution in [3.05, 3.63) is 18.1 Å². The summed E-state index contributed by atoms with van der Waals surface area (Å²) in [7, 11) is 1.70. The number of carbonyl (C=O) groups is 1. The molecule has 1 fully saturated rings. The summed E-state index contributed by atoms with van der Waals surface area (Å²) < 4.78 is 5.22. The van der Waals surface area contributed by atoms with Gasteiger partial charge in [0, 0.05) is 25.6 Å². The van der Waals surface area contributed by atoms with Crippen molar-refractivity contribution in [3.63, 3.8) is 0 Å². The highest BCUT2D eigenvalue weighted by Gasteiger charge is 2.34. The Hall–Kier alpha value is -1.69. The Morgan fingerprint density at radius 2 is 2.33 bits per heavy atom. The van der Waals surface area contributed by atoms with Gasteiger partial charge in [-0.15, -0.1) is 0 Å². The molecule has 0 saturated carbocycles. The predicted molar refractivity (Wildman–Crippen MR) is 65.8 cm³/mol. The lowest BCUT2D eigenvalue weighted by atomic mass is 9.91. The largest absolute Gasteiger partial charge is 0.476 e. The fourth-order valence-corrected chi connectivity index (χ4v) is 2.28. The van der Waals surface area contributed by atoms with Crippen molar-refractivity contribution < 1.29 is 14.6 Å². The van der Waals surface area contributed by atoms with Crippen molar-refractivity contribution in [1.29, 1.82) is 0 Å². The summed E-state index contributed by atoms with van der Waals surface area (Å²) in [6.45, 7) is 4.63. The van der Waals surface area contributed by atoms with E-state index in [0.717, 1.165) is 25.3 Å². The molecule has 1 unspecified atom stereocenters. The zero-order valence-electron chi connectivity index (χ0n) is 10.6. The molecule has 6 nitrogen and oxygen atoms in total. The van der Waals surface area contributed by atoms with Gasteiger partial charge >= 0.3 is 5.97 Å². The van der Waals surface area contributed by atoms with Crippen LogP contribution in [0.2, 0.25) is 0 Å². The number of anilines is 1. The minimum absolute atomic E-state index is 0.0300. The van der Waals surface area contributed by atoms with Gasteiger partial charge in [-0.1, -0.05) is 6.92 Å². The van der Waals surface area contributed by atoms with E-state index in [1.807, 2.05) is 0 Å². The van der Waals surface area contributed by atoms with E-state index >= 15 is 0 Å². The summed E-state index contributed by atoms with van der Waals surface area (Å²) in [5, 5.41) is 8.76. The Morgan fingerprint density at radius 1 is 1.56 bits per heavy atom. The maximum Gasteiger partial charge on any atom is 0.356 e. The molecule has 1 aliphatic heterocycles. The number of carboxylic acids is 1. The van der Waals surface area contributed by atoms with Crippen LogP contribution in [-0.2, 0) is 4.74 Å². The molecule has 1 aliphatic rings. The average Bonchev–Trinajstić information content (AvgIpc) is 2.72. The van der Waals surface area contributed by atoms with Gasteiger partial charge in [0.25, 0.3) is 0 Å². The fraction of sp³-hybridized carbons (Fsp3) is 0.583. The van der Waals surface area contributed by atoms with Crippen LogP contribution in [0.25, 0.3) is 0 Å². The summed E-state index contributed by atoms with van der Waals surface area (Å²) in [5.41, 5.74) is 0.0969. The lowest BCUT2D eigenvalue weighted by Gasteiger charge is -2.23. The van der Waals surface area contributed by atoms with E-state index in [4.69, 9.17) is 9.84 Å². The van der Waals surface area contributed by atoms with Gasteiger partial charge in [-0.05, 0) is 6.42 Å². The molecule has 1 aromatic heterocycles. The number of nitrogens with zero attached hydrogens (tertiary/aromatic N) is 3. The molecule has 0 aromatic carbocycles. The Bertz CT molecular complexity index is 435. The number of rotatable bonds is 4. The van der Waals surface area contributed by atoms with E-state index in [1.54, 1.807) is 7.11 Å². The van der Waals surface area contributed by atoms with Crippen molar-refractivity contribution in [1.82, 2.24) is 9.97 Å². The first-order chi connectivity index (χ1) is 8.54. The molecule has 1 N–H and O–H groups in total. The highest BCUT2D eigenvalue weighted by Crippen LogP contribution is 2.32. The first-order valence-corrected chi connectivity index (χ1v) is 5.83. The quantitative estimate of drug-likeness (QED) is 0.861. The number of aromatic carboxylic acids is 1. The molecule has 2 heterocycles. The standard InChI is InChI=1S/C12H17N3O3/c1-12(8-18-2)3-4-15(7-12)10-6-13-9(5-14-10)11(16)17/h5-6H,3-4,7-8H2,1-2H3,(H,16,17). The Balaban J connectivity index is 2.07. The molecule has 0 spiro atoms. The number of aromatic nitrogens is 2. The lowest BCUT2D eigenvalue weighted by molar-refractivity contribution is 0.0690.